The van der Waals surface area contributed by atoms with E-state index in [4.69, 9.17) is 0 Å². The lowest BCUT2D eigenvalue weighted by Gasteiger charge is -2.04. The molecule has 1 fully saturated rings. The minimum Gasteiger partial charge on any atom is -0.294 e. The van der Waals surface area contributed by atoms with Crippen molar-refractivity contribution in [3.8, 4) is 11.1 Å². The predicted octanol–water partition coefficient (Wildman–Crippen LogP) is 5.36. The van der Waals surface area contributed by atoms with E-state index in [1.54, 1.807) is 0 Å². The molecule has 2 atom stereocenters. The number of hydrogen-bond donors (Lipinski definition) is 0. The highest BCUT2D eigenvalue weighted by Gasteiger charge is 2.42. The molecule has 1 saturated carbocycles. The van der Waals surface area contributed by atoms with E-state index in [9.17, 15) is 4.79 Å². The molecule has 0 bridgehead atoms. The first-order valence-electron chi connectivity index (χ1n) is 7.99. The summed E-state index contributed by atoms with van der Waals surface area (Å²) in [6.45, 7) is 2.21. The number of benzene rings is 2. The van der Waals surface area contributed by atoms with Crippen LogP contribution < -0.4 is 0 Å². The summed E-state index contributed by atoms with van der Waals surface area (Å²) in [5.41, 5.74) is 3.24. The van der Waals surface area contributed by atoms with Gasteiger partial charge in [-0.25, -0.2) is 0 Å². The van der Waals surface area contributed by atoms with Crippen molar-refractivity contribution in [2.75, 3.05) is 0 Å². The fraction of sp³-hybridized carbons (Fsp3) is 0.350. The van der Waals surface area contributed by atoms with Gasteiger partial charge in [0.25, 0.3) is 0 Å². The molecule has 0 radical (unpaired) electrons. The molecule has 0 amide bonds. The van der Waals surface area contributed by atoms with Gasteiger partial charge in [-0.05, 0) is 29.9 Å². The Bertz CT molecular complexity index is 597. The molecule has 108 valence electrons. The molecule has 1 heteroatoms. The number of unbranched alkanes of at least 4 members (excludes halogenated alkanes) is 1. The largest absolute Gasteiger partial charge is 0.294 e. The van der Waals surface area contributed by atoms with Crippen LogP contribution in [0.5, 0.6) is 0 Å². The molecule has 2 aromatic carbocycles. The van der Waals surface area contributed by atoms with Crippen molar-refractivity contribution < 1.29 is 4.79 Å². The van der Waals surface area contributed by atoms with Gasteiger partial charge >= 0.3 is 0 Å². The zero-order valence-corrected chi connectivity index (χ0v) is 12.6. The second-order valence-corrected chi connectivity index (χ2v) is 6.05. The summed E-state index contributed by atoms with van der Waals surface area (Å²) in [4.78, 5) is 12.4. The average molecular weight is 278 g/mol. The number of ketones is 1. The fourth-order valence-corrected chi connectivity index (χ4v) is 3.03. The Labute approximate surface area is 127 Å². The summed E-state index contributed by atoms with van der Waals surface area (Å²) in [5, 5.41) is 0. The summed E-state index contributed by atoms with van der Waals surface area (Å²) in [6.07, 6.45) is 4.79. The molecule has 1 nitrogen and oxygen atoms in total. The fourth-order valence-electron chi connectivity index (χ4n) is 3.03. The van der Waals surface area contributed by atoms with Crippen LogP contribution in [0.25, 0.3) is 11.1 Å². The van der Waals surface area contributed by atoms with Gasteiger partial charge in [-0.2, -0.15) is 0 Å². The van der Waals surface area contributed by atoms with E-state index in [0.717, 1.165) is 12.0 Å². The molecular formula is C20H22O. The number of Topliss-reactive ketones (excluding diaryl/α,β-unsaturated/α-hetero) is 1. The normalized spacial score (nSPS) is 20.2. The van der Waals surface area contributed by atoms with E-state index in [0.29, 0.717) is 17.6 Å². The van der Waals surface area contributed by atoms with Gasteiger partial charge in [0.15, 0.2) is 5.78 Å². The summed E-state index contributed by atoms with van der Waals surface area (Å²) in [5.74, 6) is 1.28. The van der Waals surface area contributed by atoms with Crippen LogP contribution in [-0.4, -0.2) is 5.78 Å². The Morgan fingerprint density at radius 1 is 1.00 bits per heavy atom. The van der Waals surface area contributed by atoms with Crippen molar-refractivity contribution >= 4 is 5.78 Å². The van der Waals surface area contributed by atoms with E-state index in [1.807, 2.05) is 30.3 Å². The molecule has 0 aliphatic heterocycles. The minimum absolute atomic E-state index is 0.291. The standard InChI is InChI=1S/C20H22O/c1-2-3-7-18-14-19(18)20(21)17-12-10-16(11-13-17)15-8-5-4-6-9-15/h4-6,8-13,18-19H,2-3,7,14H2,1H3/t18-,19-/m1/s1. The van der Waals surface area contributed by atoms with Crippen molar-refractivity contribution in [1.82, 2.24) is 0 Å². The highest BCUT2D eigenvalue weighted by Crippen LogP contribution is 2.44. The third-order valence-corrected chi connectivity index (χ3v) is 4.46. The van der Waals surface area contributed by atoms with Gasteiger partial charge in [0.05, 0.1) is 0 Å². The van der Waals surface area contributed by atoms with Crippen LogP contribution in [0.3, 0.4) is 0 Å². The zero-order valence-electron chi connectivity index (χ0n) is 12.6. The lowest BCUT2D eigenvalue weighted by atomic mass is 10.00. The summed E-state index contributed by atoms with van der Waals surface area (Å²) >= 11 is 0. The van der Waals surface area contributed by atoms with Crippen LogP contribution in [0.1, 0.15) is 43.0 Å². The smallest absolute Gasteiger partial charge is 0.166 e. The summed E-state index contributed by atoms with van der Waals surface area (Å²) < 4.78 is 0. The molecule has 0 aromatic heterocycles. The van der Waals surface area contributed by atoms with Crippen LogP contribution in [0.15, 0.2) is 54.6 Å². The topological polar surface area (TPSA) is 17.1 Å². The third kappa shape index (κ3) is 3.24. The first-order chi connectivity index (χ1) is 10.3. The maximum Gasteiger partial charge on any atom is 0.166 e. The van der Waals surface area contributed by atoms with E-state index in [2.05, 4.69) is 31.2 Å². The third-order valence-electron chi connectivity index (χ3n) is 4.46. The van der Waals surface area contributed by atoms with E-state index < -0.39 is 0 Å². The van der Waals surface area contributed by atoms with Crippen molar-refractivity contribution in [2.45, 2.75) is 32.6 Å². The highest BCUT2D eigenvalue weighted by atomic mass is 16.1. The Morgan fingerprint density at radius 3 is 2.33 bits per heavy atom. The Kier molecular flexibility index (Phi) is 4.19. The van der Waals surface area contributed by atoms with Crippen LogP contribution in [-0.2, 0) is 0 Å². The summed E-state index contributed by atoms with van der Waals surface area (Å²) in [7, 11) is 0. The molecule has 21 heavy (non-hydrogen) atoms. The van der Waals surface area contributed by atoms with Crippen LogP contribution in [0.4, 0.5) is 0 Å². The first-order valence-corrected chi connectivity index (χ1v) is 7.99. The zero-order chi connectivity index (χ0) is 14.7. The number of hydrogen-bond acceptors (Lipinski definition) is 1. The van der Waals surface area contributed by atoms with Gasteiger partial charge in [0, 0.05) is 11.5 Å². The van der Waals surface area contributed by atoms with Crippen molar-refractivity contribution in [2.24, 2.45) is 11.8 Å². The van der Waals surface area contributed by atoms with Crippen LogP contribution in [0, 0.1) is 11.8 Å². The molecule has 1 aliphatic carbocycles. The van der Waals surface area contributed by atoms with Gasteiger partial charge in [0.1, 0.15) is 0 Å². The summed E-state index contributed by atoms with van der Waals surface area (Å²) in [6, 6.07) is 18.4. The van der Waals surface area contributed by atoms with E-state index in [-0.39, 0.29) is 0 Å². The van der Waals surface area contributed by atoms with E-state index in [1.165, 1.54) is 30.4 Å². The maximum absolute atomic E-state index is 12.4. The monoisotopic (exact) mass is 278 g/mol. The van der Waals surface area contributed by atoms with Crippen LogP contribution in [0.2, 0.25) is 0 Å². The Balaban J connectivity index is 1.66. The molecule has 2 aromatic rings. The first kappa shape index (κ1) is 14.1. The van der Waals surface area contributed by atoms with Crippen molar-refractivity contribution in [3.05, 3.63) is 60.2 Å². The van der Waals surface area contributed by atoms with E-state index >= 15 is 0 Å². The molecular weight excluding hydrogens is 256 g/mol. The number of carbonyl (C=O) groups excluding carboxylic acids is 1. The van der Waals surface area contributed by atoms with Gasteiger partial charge < -0.3 is 0 Å². The number of rotatable bonds is 6. The predicted molar refractivity (Wildman–Crippen MR) is 87.3 cm³/mol. The van der Waals surface area contributed by atoms with Crippen molar-refractivity contribution in [1.29, 1.82) is 0 Å². The maximum atomic E-state index is 12.4. The second-order valence-electron chi connectivity index (χ2n) is 6.05. The average Bonchev–Trinajstić information content (AvgIpc) is 3.33. The number of carbonyl (C=O) groups is 1. The van der Waals surface area contributed by atoms with Gasteiger partial charge in [-0.15, -0.1) is 0 Å². The molecule has 0 saturated heterocycles. The highest BCUT2D eigenvalue weighted by molar-refractivity contribution is 6.00. The molecule has 0 heterocycles. The van der Waals surface area contributed by atoms with Gasteiger partial charge in [0.2, 0.25) is 0 Å². The molecule has 0 unspecified atom stereocenters. The minimum atomic E-state index is 0.291. The molecule has 1 aliphatic rings. The SMILES string of the molecule is CCCC[C@@H]1C[C@H]1C(=O)c1ccc(-c2ccccc2)cc1. The molecule has 0 N–H and O–H groups in total. The molecule has 0 spiro atoms. The molecule has 3 rings (SSSR count). The second kappa shape index (κ2) is 6.26. The Hall–Kier alpha value is -1.89. The van der Waals surface area contributed by atoms with Crippen LogP contribution >= 0.6 is 0 Å². The quantitative estimate of drug-likeness (QED) is 0.650. The van der Waals surface area contributed by atoms with Crippen molar-refractivity contribution in [3.63, 3.8) is 0 Å². The van der Waals surface area contributed by atoms with Gasteiger partial charge in [-0.1, -0.05) is 74.4 Å². The Morgan fingerprint density at radius 2 is 1.67 bits per heavy atom. The van der Waals surface area contributed by atoms with Gasteiger partial charge in [-0.3, -0.25) is 4.79 Å². The lowest BCUT2D eigenvalue weighted by Crippen LogP contribution is -2.03. The lowest BCUT2D eigenvalue weighted by molar-refractivity contribution is 0.0960.